The standard InChI is InChI=1S/C19H24N2O2.ClH/c1-16-15-18(23-20-16)10-9-17-7-3-4-8-19(17)22-14-13-21-11-5-2-6-12-21;/h3-4,7-10,15H,2,5-6,11-14H2,1H3;1H. The van der Waals surface area contributed by atoms with E-state index in [4.69, 9.17) is 9.26 Å². The summed E-state index contributed by atoms with van der Waals surface area (Å²) in [4.78, 5) is 2.49. The predicted molar refractivity (Wildman–Crippen MR) is 99.6 cm³/mol. The zero-order chi connectivity index (χ0) is 15.9. The minimum atomic E-state index is 0. The maximum absolute atomic E-state index is 5.99. The molecule has 3 rings (SSSR count). The van der Waals surface area contributed by atoms with Crippen LogP contribution in [0.25, 0.3) is 12.2 Å². The van der Waals surface area contributed by atoms with E-state index in [0.717, 1.165) is 35.9 Å². The van der Waals surface area contributed by atoms with Gasteiger partial charge in [-0.3, -0.25) is 4.90 Å². The highest BCUT2D eigenvalue weighted by Crippen LogP contribution is 2.21. The molecule has 1 fully saturated rings. The molecule has 0 atom stereocenters. The number of likely N-dealkylation sites (tertiary alicyclic amines) is 1. The van der Waals surface area contributed by atoms with Gasteiger partial charge in [-0.15, -0.1) is 12.4 Å². The van der Waals surface area contributed by atoms with Gasteiger partial charge in [-0.2, -0.15) is 0 Å². The van der Waals surface area contributed by atoms with Crippen molar-refractivity contribution in [1.29, 1.82) is 0 Å². The van der Waals surface area contributed by atoms with Gasteiger partial charge in [0.05, 0.1) is 5.69 Å². The highest BCUT2D eigenvalue weighted by atomic mass is 35.5. The Morgan fingerprint density at radius 3 is 2.71 bits per heavy atom. The van der Waals surface area contributed by atoms with E-state index in [1.165, 1.54) is 32.4 Å². The van der Waals surface area contributed by atoms with Crippen molar-refractivity contribution in [1.82, 2.24) is 10.1 Å². The summed E-state index contributed by atoms with van der Waals surface area (Å²) in [6.45, 7) is 6.05. The van der Waals surface area contributed by atoms with Gasteiger partial charge in [-0.25, -0.2) is 0 Å². The van der Waals surface area contributed by atoms with Crippen LogP contribution in [0.3, 0.4) is 0 Å². The Morgan fingerprint density at radius 1 is 1.17 bits per heavy atom. The van der Waals surface area contributed by atoms with Crippen molar-refractivity contribution in [3.05, 3.63) is 47.3 Å². The molecule has 0 amide bonds. The lowest BCUT2D eigenvalue weighted by molar-refractivity contribution is 0.183. The summed E-state index contributed by atoms with van der Waals surface area (Å²) < 4.78 is 11.2. The molecule has 1 aliphatic rings. The average Bonchev–Trinajstić information content (AvgIpc) is 3.00. The first-order chi connectivity index (χ1) is 11.3. The van der Waals surface area contributed by atoms with Crippen molar-refractivity contribution >= 4 is 24.6 Å². The quantitative estimate of drug-likeness (QED) is 0.773. The van der Waals surface area contributed by atoms with Crippen LogP contribution in [0.1, 0.15) is 36.3 Å². The molecule has 1 saturated heterocycles. The molecule has 1 aliphatic heterocycles. The summed E-state index contributed by atoms with van der Waals surface area (Å²) in [6, 6.07) is 10.0. The lowest BCUT2D eigenvalue weighted by atomic mass is 10.1. The molecule has 5 heteroatoms. The van der Waals surface area contributed by atoms with Crippen LogP contribution >= 0.6 is 12.4 Å². The maximum atomic E-state index is 5.99. The highest BCUT2D eigenvalue weighted by Gasteiger charge is 2.10. The van der Waals surface area contributed by atoms with E-state index in [-0.39, 0.29) is 12.4 Å². The van der Waals surface area contributed by atoms with Gasteiger partial charge < -0.3 is 9.26 Å². The molecule has 24 heavy (non-hydrogen) atoms. The van der Waals surface area contributed by atoms with Gasteiger partial charge in [-0.05, 0) is 51.1 Å². The molecule has 4 nitrogen and oxygen atoms in total. The summed E-state index contributed by atoms with van der Waals surface area (Å²) in [7, 11) is 0. The van der Waals surface area contributed by atoms with Crippen molar-refractivity contribution in [2.75, 3.05) is 26.2 Å². The Balaban J connectivity index is 0.00000208. The number of ether oxygens (including phenoxy) is 1. The molecular formula is C19H25ClN2O2. The Hall–Kier alpha value is -1.78. The van der Waals surface area contributed by atoms with Gasteiger partial charge in [-0.1, -0.05) is 29.8 Å². The van der Waals surface area contributed by atoms with Crippen LogP contribution < -0.4 is 4.74 Å². The molecule has 0 unspecified atom stereocenters. The van der Waals surface area contributed by atoms with Gasteiger partial charge in [0.1, 0.15) is 12.4 Å². The van der Waals surface area contributed by atoms with Crippen LogP contribution in [0.4, 0.5) is 0 Å². The number of aromatic nitrogens is 1. The summed E-state index contributed by atoms with van der Waals surface area (Å²) in [5.74, 6) is 1.67. The maximum Gasteiger partial charge on any atom is 0.159 e. The normalized spacial score (nSPS) is 15.4. The minimum absolute atomic E-state index is 0. The Kier molecular flexibility index (Phi) is 7.35. The van der Waals surface area contributed by atoms with Gasteiger partial charge in [0.2, 0.25) is 0 Å². The summed E-state index contributed by atoms with van der Waals surface area (Å²) in [5, 5.41) is 3.89. The second kappa shape index (κ2) is 9.50. The van der Waals surface area contributed by atoms with E-state index in [2.05, 4.69) is 16.1 Å². The number of rotatable bonds is 6. The predicted octanol–water partition coefficient (Wildman–Crippen LogP) is 4.44. The van der Waals surface area contributed by atoms with Crippen molar-refractivity contribution in [2.24, 2.45) is 0 Å². The molecule has 0 aliphatic carbocycles. The summed E-state index contributed by atoms with van der Waals surface area (Å²) in [5.41, 5.74) is 1.94. The molecule has 2 heterocycles. The lowest BCUT2D eigenvalue weighted by Gasteiger charge is -2.26. The highest BCUT2D eigenvalue weighted by molar-refractivity contribution is 5.85. The van der Waals surface area contributed by atoms with Crippen LogP contribution in [0.15, 0.2) is 34.9 Å². The number of para-hydroxylation sites is 1. The average molecular weight is 349 g/mol. The van der Waals surface area contributed by atoms with Crippen molar-refractivity contribution < 1.29 is 9.26 Å². The first-order valence-corrected chi connectivity index (χ1v) is 8.37. The van der Waals surface area contributed by atoms with Crippen LogP contribution in [0.5, 0.6) is 5.75 Å². The SMILES string of the molecule is Cc1cc(C=Cc2ccccc2OCCN2CCCCC2)on1.Cl. The monoisotopic (exact) mass is 348 g/mol. The second-order valence-electron chi connectivity index (χ2n) is 5.99. The summed E-state index contributed by atoms with van der Waals surface area (Å²) in [6.07, 6.45) is 7.93. The first-order valence-electron chi connectivity index (χ1n) is 8.37. The number of piperidine rings is 1. The van der Waals surface area contributed by atoms with E-state index >= 15 is 0 Å². The molecule has 0 N–H and O–H groups in total. The van der Waals surface area contributed by atoms with Gasteiger partial charge in [0.25, 0.3) is 0 Å². The second-order valence-corrected chi connectivity index (χ2v) is 5.99. The Labute approximate surface area is 149 Å². The number of aryl methyl sites for hydroxylation is 1. The largest absolute Gasteiger partial charge is 0.492 e. The van der Waals surface area contributed by atoms with Crippen LogP contribution in [-0.2, 0) is 0 Å². The molecule has 1 aromatic carbocycles. The fraction of sp³-hybridized carbons (Fsp3) is 0.421. The van der Waals surface area contributed by atoms with Crippen molar-refractivity contribution in [2.45, 2.75) is 26.2 Å². The number of nitrogens with zero attached hydrogens (tertiary/aromatic N) is 2. The van der Waals surface area contributed by atoms with Crippen molar-refractivity contribution in [3.8, 4) is 5.75 Å². The molecule has 0 spiro atoms. The number of hydrogen-bond acceptors (Lipinski definition) is 4. The number of benzene rings is 1. The van der Waals surface area contributed by atoms with Gasteiger partial charge >= 0.3 is 0 Å². The Morgan fingerprint density at radius 2 is 1.96 bits per heavy atom. The smallest absolute Gasteiger partial charge is 0.159 e. The van der Waals surface area contributed by atoms with E-state index < -0.39 is 0 Å². The molecule has 0 radical (unpaired) electrons. The minimum Gasteiger partial charge on any atom is -0.492 e. The zero-order valence-corrected chi connectivity index (χ0v) is 14.9. The number of halogens is 1. The van der Waals surface area contributed by atoms with Crippen molar-refractivity contribution in [3.63, 3.8) is 0 Å². The third-order valence-electron chi connectivity index (χ3n) is 4.11. The topological polar surface area (TPSA) is 38.5 Å². The Bertz CT molecular complexity index is 648. The molecule has 0 bridgehead atoms. The molecule has 130 valence electrons. The molecular weight excluding hydrogens is 324 g/mol. The lowest BCUT2D eigenvalue weighted by Crippen LogP contribution is -2.33. The van der Waals surface area contributed by atoms with Gasteiger partial charge in [0.15, 0.2) is 5.76 Å². The molecule has 1 aromatic heterocycles. The van der Waals surface area contributed by atoms with Gasteiger partial charge in [0, 0.05) is 18.2 Å². The number of hydrogen-bond donors (Lipinski definition) is 0. The zero-order valence-electron chi connectivity index (χ0n) is 14.1. The fourth-order valence-electron chi connectivity index (χ4n) is 2.85. The molecule has 0 saturated carbocycles. The summed E-state index contributed by atoms with van der Waals surface area (Å²) >= 11 is 0. The third-order valence-corrected chi connectivity index (χ3v) is 4.11. The van der Waals surface area contributed by atoms with E-state index in [9.17, 15) is 0 Å². The fourth-order valence-corrected chi connectivity index (χ4v) is 2.85. The van der Waals surface area contributed by atoms with E-state index in [1.807, 2.05) is 43.3 Å². The van der Waals surface area contributed by atoms with Crippen LogP contribution in [0.2, 0.25) is 0 Å². The van der Waals surface area contributed by atoms with E-state index in [1.54, 1.807) is 0 Å². The van der Waals surface area contributed by atoms with Crippen LogP contribution in [0, 0.1) is 6.92 Å². The van der Waals surface area contributed by atoms with Crippen LogP contribution in [-0.4, -0.2) is 36.3 Å². The third kappa shape index (κ3) is 5.39. The first kappa shape index (κ1) is 18.6. The molecule has 2 aromatic rings. The van der Waals surface area contributed by atoms with E-state index in [0.29, 0.717) is 0 Å².